The van der Waals surface area contributed by atoms with Crippen molar-refractivity contribution < 1.29 is 4.79 Å². The van der Waals surface area contributed by atoms with E-state index in [2.05, 4.69) is 16.2 Å². The number of hydrazine groups is 1. The minimum atomic E-state index is -0.191. The predicted octanol–water partition coefficient (Wildman–Crippen LogP) is 1.64. The average Bonchev–Trinajstić information content (AvgIpc) is 2.79. The molecule has 0 atom stereocenters. The van der Waals surface area contributed by atoms with Crippen molar-refractivity contribution in [3.05, 3.63) is 35.2 Å². The van der Waals surface area contributed by atoms with Gasteiger partial charge in [0.15, 0.2) is 5.11 Å². The second-order valence-corrected chi connectivity index (χ2v) is 4.80. The fourth-order valence-electron chi connectivity index (χ4n) is 1.33. The lowest BCUT2D eigenvalue weighted by atomic mass is 10.2. The van der Waals surface area contributed by atoms with Gasteiger partial charge < -0.3 is 5.32 Å². The van der Waals surface area contributed by atoms with E-state index in [1.807, 2.05) is 30.3 Å². The summed E-state index contributed by atoms with van der Waals surface area (Å²) in [4.78, 5) is 12.4. The molecule has 0 aliphatic carbocycles. The highest BCUT2D eigenvalue weighted by molar-refractivity contribution is 7.80. The molecule has 0 aliphatic heterocycles. The largest absolute Gasteiger partial charge is 0.364 e. The number of hydrogen-bond donors (Lipinski definition) is 3. The molecule has 0 radical (unpaired) electrons. The van der Waals surface area contributed by atoms with Crippen LogP contribution in [0.25, 0.3) is 10.1 Å². The van der Waals surface area contributed by atoms with Crippen LogP contribution in [0.3, 0.4) is 0 Å². The van der Waals surface area contributed by atoms with Crippen LogP contribution in [-0.4, -0.2) is 18.1 Å². The summed E-state index contributed by atoms with van der Waals surface area (Å²) in [5.74, 6) is -0.191. The van der Waals surface area contributed by atoms with E-state index in [0.29, 0.717) is 9.99 Å². The third-order valence-corrected chi connectivity index (χ3v) is 3.59. The molecule has 0 saturated heterocycles. The SMILES string of the molecule is CNC(=S)NNC(=O)c1cc2ccccc2s1. The molecule has 0 saturated carbocycles. The summed E-state index contributed by atoms with van der Waals surface area (Å²) in [7, 11) is 1.68. The highest BCUT2D eigenvalue weighted by atomic mass is 32.1. The molecule has 0 spiro atoms. The van der Waals surface area contributed by atoms with Crippen LogP contribution in [0.2, 0.25) is 0 Å². The van der Waals surface area contributed by atoms with E-state index in [1.54, 1.807) is 7.05 Å². The van der Waals surface area contributed by atoms with Gasteiger partial charge in [0.05, 0.1) is 4.88 Å². The van der Waals surface area contributed by atoms with Gasteiger partial charge in [0.1, 0.15) is 0 Å². The smallest absolute Gasteiger partial charge is 0.279 e. The molecule has 1 aromatic carbocycles. The fraction of sp³-hybridized carbons (Fsp3) is 0.0909. The maximum Gasteiger partial charge on any atom is 0.279 e. The zero-order valence-electron chi connectivity index (χ0n) is 9.11. The van der Waals surface area contributed by atoms with Crippen LogP contribution < -0.4 is 16.2 Å². The van der Waals surface area contributed by atoms with Crippen LogP contribution in [-0.2, 0) is 0 Å². The van der Waals surface area contributed by atoms with Crippen molar-refractivity contribution >= 4 is 44.7 Å². The molecule has 0 unspecified atom stereocenters. The molecule has 0 fully saturated rings. The van der Waals surface area contributed by atoms with Gasteiger partial charge in [0, 0.05) is 11.7 Å². The molecule has 0 aliphatic rings. The average molecular weight is 265 g/mol. The molecular weight excluding hydrogens is 254 g/mol. The van der Waals surface area contributed by atoms with E-state index in [1.165, 1.54) is 11.3 Å². The fourth-order valence-corrected chi connectivity index (χ4v) is 2.34. The van der Waals surface area contributed by atoms with Gasteiger partial charge in [-0.25, -0.2) is 0 Å². The Bertz CT molecular complexity index is 532. The van der Waals surface area contributed by atoms with Crippen LogP contribution in [0.4, 0.5) is 0 Å². The first-order valence-electron chi connectivity index (χ1n) is 4.97. The lowest BCUT2D eigenvalue weighted by Gasteiger charge is -2.06. The highest BCUT2D eigenvalue weighted by Crippen LogP contribution is 2.24. The Balaban J connectivity index is 2.11. The number of carbonyl (C=O) groups is 1. The van der Waals surface area contributed by atoms with Crippen molar-refractivity contribution in [2.75, 3.05) is 7.05 Å². The lowest BCUT2D eigenvalue weighted by molar-refractivity contribution is 0.0948. The monoisotopic (exact) mass is 265 g/mol. The second kappa shape index (κ2) is 5.11. The number of amides is 1. The summed E-state index contributed by atoms with van der Waals surface area (Å²) < 4.78 is 1.09. The van der Waals surface area contributed by atoms with Crippen LogP contribution >= 0.6 is 23.6 Å². The summed E-state index contributed by atoms with van der Waals surface area (Å²) in [6.45, 7) is 0. The summed E-state index contributed by atoms with van der Waals surface area (Å²) in [6, 6.07) is 9.73. The molecule has 17 heavy (non-hydrogen) atoms. The molecule has 2 aromatic rings. The number of nitrogens with one attached hydrogen (secondary N) is 3. The lowest BCUT2D eigenvalue weighted by Crippen LogP contribution is -2.45. The zero-order chi connectivity index (χ0) is 12.3. The van der Waals surface area contributed by atoms with Crippen molar-refractivity contribution in [1.29, 1.82) is 0 Å². The second-order valence-electron chi connectivity index (χ2n) is 3.31. The van der Waals surface area contributed by atoms with Gasteiger partial charge in [-0.1, -0.05) is 18.2 Å². The Morgan fingerprint density at radius 2 is 2.06 bits per heavy atom. The maximum atomic E-state index is 11.8. The Hall–Kier alpha value is -1.66. The molecule has 1 amide bonds. The molecule has 2 rings (SSSR count). The van der Waals surface area contributed by atoms with Gasteiger partial charge in [-0.3, -0.25) is 15.6 Å². The number of thiocarbonyl (C=S) groups is 1. The van der Waals surface area contributed by atoms with E-state index < -0.39 is 0 Å². The first kappa shape index (κ1) is 11.8. The van der Waals surface area contributed by atoms with Gasteiger partial charge >= 0.3 is 0 Å². The van der Waals surface area contributed by atoms with Crippen molar-refractivity contribution in [2.45, 2.75) is 0 Å². The van der Waals surface area contributed by atoms with E-state index in [9.17, 15) is 4.79 Å². The maximum absolute atomic E-state index is 11.8. The third-order valence-electron chi connectivity index (χ3n) is 2.17. The van der Waals surface area contributed by atoms with Gasteiger partial charge in [0.25, 0.3) is 5.91 Å². The Morgan fingerprint density at radius 3 is 2.76 bits per heavy atom. The molecular formula is C11H11N3OS2. The van der Waals surface area contributed by atoms with Crippen molar-refractivity contribution in [2.24, 2.45) is 0 Å². The van der Waals surface area contributed by atoms with Crippen molar-refractivity contribution in [3.8, 4) is 0 Å². The van der Waals surface area contributed by atoms with Crippen LogP contribution in [0.1, 0.15) is 9.67 Å². The minimum absolute atomic E-state index is 0.191. The zero-order valence-corrected chi connectivity index (χ0v) is 10.7. The summed E-state index contributed by atoms with van der Waals surface area (Å²) in [5, 5.41) is 4.15. The topological polar surface area (TPSA) is 53.2 Å². The Kier molecular flexibility index (Phi) is 3.55. The van der Waals surface area contributed by atoms with Crippen molar-refractivity contribution in [3.63, 3.8) is 0 Å². The number of fused-ring (bicyclic) bond motifs is 1. The highest BCUT2D eigenvalue weighted by Gasteiger charge is 2.09. The van der Waals surface area contributed by atoms with E-state index in [4.69, 9.17) is 12.2 Å². The van der Waals surface area contributed by atoms with Gasteiger partial charge in [-0.05, 0) is 29.7 Å². The van der Waals surface area contributed by atoms with Crippen LogP contribution in [0.5, 0.6) is 0 Å². The molecule has 3 N–H and O–H groups in total. The van der Waals surface area contributed by atoms with E-state index in [-0.39, 0.29) is 5.91 Å². The normalized spacial score (nSPS) is 9.94. The molecule has 88 valence electrons. The van der Waals surface area contributed by atoms with E-state index in [0.717, 1.165) is 10.1 Å². The molecule has 6 heteroatoms. The van der Waals surface area contributed by atoms with Crippen LogP contribution in [0, 0.1) is 0 Å². The van der Waals surface area contributed by atoms with Gasteiger partial charge in [-0.15, -0.1) is 11.3 Å². The summed E-state index contributed by atoms with van der Waals surface area (Å²) >= 11 is 6.30. The number of hydrogen-bond acceptors (Lipinski definition) is 3. The van der Waals surface area contributed by atoms with Crippen LogP contribution in [0.15, 0.2) is 30.3 Å². The van der Waals surface area contributed by atoms with Gasteiger partial charge in [-0.2, -0.15) is 0 Å². The third kappa shape index (κ3) is 2.72. The predicted molar refractivity (Wildman–Crippen MR) is 74.1 cm³/mol. The Labute approximate surface area is 108 Å². The quantitative estimate of drug-likeness (QED) is 0.542. The summed E-state index contributed by atoms with van der Waals surface area (Å²) in [6.07, 6.45) is 0. The molecule has 1 aromatic heterocycles. The van der Waals surface area contributed by atoms with Crippen molar-refractivity contribution in [1.82, 2.24) is 16.2 Å². The summed E-state index contributed by atoms with van der Waals surface area (Å²) in [5.41, 5.74) is 5.13. The molecule has 4 nitrogen and oxygen atoms in total. The number of benzene rings is 1. The molecule has 0 bridgehead atoms. The first-order valence-corrected chi connectivity index (χ1v) is 6.20. The van der Waals surface area contributed by atoms with Gasteiger partial charge in [0.2, 0.25) is 0 Å². The number of rotatable bonds is 1. The minimum Gasteiger partial charge on any atom is -0.364 e. The number of thiophene rings is 1. The molecule has 1 heterocycles. The standard InChI is InChI=1S/C11H11N3OS2/c1-12-11(16)14-13-10(15)9-6-7-4-2-3-5-8(7)17-9/h2-6H,1H3,(H,13,15)(H2,12,14,16). The number of carbonyl (C=O) groups excluding carboxylic acids is 1. The first-order chi connectivity index (χ1) is 8.20. The Morgan fingerprint density at radius 1 is 1.29 bits per heavy atom. The van der Waals surface area contributed by atoms with E-state index >= 15 is 0 Å².